The van der Waals surface area contributed by atoms with Crippen LogP contribution in [0.15, 0.2) is 53.2 Å². The molecule has 0 radical (unpaired) electrons. The Hall–Kier alpha value is -1.53. The van der Waals surface area contributed by atoms with Crippen LogP contribution in [0, 0.1) is 0 Å². The number of hydrogen-bond donors (Lipinski definition) is 1. The lowest BCUT2D eigenvalue weighted by Gasteiger charge is -2.00. The van der Waals surface area contributed by atoms with Crippen molar-refractivity contribution < 1.29 is 13.0 Å². The SMILES string of the molecule is C=CC(N=Nc1ccccc1)S(=O)(=O)O. The Morgan fingerprint density at radius 3 is 2.40 bits per heavy atom. The highest BCUT2D eigenvalue weighted by molar-refractivity contribution is 7.86. The van der Waals surface area contributed by atoms with Gasteiger partial charge in [-0.3, -0.25) is 4.55 Å². The van der Waals surface area contributed by atoms with Crippen molar-refractivity contribution in [3.05, 3.63) is 43.0 Å². The van der Waals surface area contributed by atoms with Gasteiger partial charge in [0.25, 0.3) is 10.1 Å². The van der Waals surface area contributed by atoms with E-state index < -0.39 is 15.5 Å². The summed E-state index contributed by atoms with van der Waals surface area (Å²) in [6, 6.07) is 8.60. The molecule has 0 amide bonds. The van der Waals surface area contributed by atoms with E-state index in [2.05, 4.69) is 16.8 Å². The van der Waals surface area contributed by atoms with Crippen molar-refractivity contribution in [2.75, 3.05) is 0 Å². The molecule has 0 spiro atoms. The standard InChI is InChI=1S/C9H10N2O3S/c1-2-9(15(12,13)14)11-10-8-6-4-3-5-7-8/h2-7,9H,1H2,(H,12,13,14). The lowest BCUT2D eigenvalue weighted by molar-refractivity contribution is 0.475. The molecule has 0 heterocycles. The van der Waals surface area contributed by atoms with Crippen LogP contribution in [0.4, 0.5) is 5.69 Å². The molecule has 1 aromatic rings. The molecular formula is C9H10N2O3S. The molecule has 80 valence electrons. The first kappa shape index (κ1) is 11.5. The maximum atomic E-state index is 10.7. The molecule has 0 fully saturated rings. The molecule has 0 aliphatic heterocycles. The van der Waals surface area contributed by atoms with E-state index in [1.165, 1.54) is 0 Å². The first-order valence-corrected chi connectivity index (χ1v) is 5.59. The van der Waals surface area contributed by atoms with Gasteiger partial charge in [0.1, 0.15) is 0 Å². The van der Waals surface area contributed by atoms with E-state index in [0.717, 1.165) is 6.08 Å². The van der Waals surface area contributed by atoms with Crippen LogP contribution in [-0.2, 0) is 10.1 Å². The van der Waals surface area contributed by atoms with Gasteiger partial charge in [0, 0.05) is 0 Å². The molecule has 1 aromatic carbocycles. The summed E-state index contributed by atoms with van der Waals surface area (Å²) in [5.74, 6) is 0. The van der Waals surface area contributed by atoms with E-state index in [1.54, 1.807) is 30.3 Å². The van der Waals surface area contributed by atoms with Crippen molar-refractivity contribution >= 4 is 15.8 Å². The van der Waals surface area contributed by atoms with E-state index >= 15 is 0 Å². The third-order valence-electron chi connectivity index (χ3n) is 1.55. The third kappa shape index (κ3) is 3.61. The van der Waals surface area contributed by atoms with Crippen LogP contribution in [0.1, 0.15) is 0 Å². The van der Waals surface area contributed by atoms with Crippen molar-refractivity contribution in [2.24, 2.45) is 10.2 Å². The predicted molar refractivity (Wildman–Crippen MR) is 56.5 cm³/mol. The van der Waals surface area contributed by atoms with Gasteiger partial charge in [-0.2, -0.15) is 18.6 Å². The van der Waals surface area contributed by atoms with Crippen molar-refractivity contribution in [1.29, 1.82) is 0 Å². The molecule has 1 atom stereocenters. The van der Waals surface area contributed by atoms with E-state index in [9.17, 15) is 8.42 Å². The lowest BCUT2D eigenvalue weighted by Crippen LogP contribution is -2.14. The second-order valence-electron chi connectivity index (χ2n) is 2.69. The van der Waals surface area contributed by atoms with Gasteiger partial charge in [0.2, 0.25) is 5.37 Å². The molecule has 0 saturated heterocycles. The van der Waals surface area contributed by atoms with E-state index in [4.69, 9.17) is 4.55 Å². The third-order valence-corrected chi connectivity index (χ3v) is 2.45. The fourth-order valence-corrected chi connectivity index (χ4v) is 1.26. The number of nitrogens with zero attached hydrogens (tertiary/aromatic N) is 2. The molecule has 0 bridgehead atoms. The zero-order chi connectivity index (χ0) is 11.3. The zero-order valence-corrected chi connectivity index (χ0v) is 8.63. The van der Waals surface area contributed by atoms with Crippen LogP contribution in [0.25, 0.3) is 0 Å². The molecule has 15 heavy (non-hydrogen) atoms. The highest BCUT2D eigenvalue weighted by Crippen LogP contribution is 2.13. The molecule has 6 heteroatoms. The molecule has 0 saturated carbocycles. The first-order valence-electron chi connectivity index (χ1n) is 4.09. The summed E-state index contributed by atoms with van der Waals surface area (Å²) in [5.41, 5.74) is 0.507. The highest BCUT2D eigenvalue weighted by atomic mass is 32.2. The van der Waals surface area contributed by atoms with Crippen LogP contribution in [0.2, 0.25) is 0 Å². The van der Waals surface area contributed by atoms with Gasteiger partial charge in [-0.05, 0) is 18.2 Å². The normalized spacial score (nSPS) is 13.9. The van der Waals surface area contributed by atoms with E-state index in [1.807, 2.05) is 0 Å². The number of benzene rings is 1. The topological polar surface area (TPSA) is 79.1 Å². The summed E-state index contributed by atoms with van der Waals surface area (Å²) in [5, 5.41) is 5.69. The first-order chi connectivity index (χ1) is 7.04. The Balaban J connectivity index is 2.86. The average molecular weight is 226 g/mol. The molecule has 0 aliphatic rings. The molecule has 0 aromatic heterocycles. The molecule has 1 N–H and O–H groups in total. The van der Waals surface area contributed by atoms with Crippen LogP contribution in [0.3, 0.4) is 0 Å². The second-order valence-corrected chi connectivity index (χ2v) is 4.21. The Morgan fingerprint density at radius 2 is 1.93 bits per heavy atom. The molecular weight excluding hydrogens is 216 g/mol. The quantitative estimate of drug-likeness (QED) is 0.485. The van der Waals surface area contributed by atoms with Gasteiger partial charge >= 0.3 is 0 Å². The van der Waals surface area contributed by atoms with Crippen molar-refractivity contribution in [3.63, 3.8) is 0 Å². The summed E-state index contributed by atoms with van der Waals surface area (Å²) in [6.45, 7) is 3.25. The van der Waals surface area contributed by atoms with Gasteiger partial charge in [-0.15, -0.1) is 0 Å². The van der Waals surface area contributed by atoms with Crippen LogP contribution in [-0.4, -0.2) is 18.3 Å². The second kappa shape index (κ2) is 4.81. The van der Waals surface area contributed by atoms with Crippen molar-refractivity contribution in [1.82, 2.24) is 0 Å². The summed E-state index contributed by atoms with van der Waals surface area (Å²) in [6.07, 6.45) is 1.00. The summed E-state index contributed by atoms with van der Waals surface area (Å²) >= 11 is 0. The number of hydrogen-bond acceptors (Lipinski definition) is 4. The van der Waals surface area contributed by atoms with E-state index in [-0.39, 0.29) is 0 Å². The van der Waals surface area contributed by atoms with Gasteiger partial charge in [0.15, 0.2) is 0 Å². The Kier molecular flexibility index (Phi) is 3.70. The zero-order valence-electron chi connectivity index (χ0n) is 7.81. The Morgan fingerprint density at radius 1 is 1.33 bits per heavy atom. The largest absolute Gasteiger partial charge is 0.293 e. The molecule has 0 aliphatic carbocycles. The van der Waals surface area contributed by atoms with E-state index in [0.29, 0.717) is 5.69 Å². The summed E-state index contributed by atoms with van der Waals surface area (Å²) < 4.78 is 30.1. The van der Waals surface area contributed by atoms with Crippen LogP contribution in [0.5, 0.6) is 0 Å². The average Bonchev–Trinajstić information content (AvgIpc) is 2.18. The maximum absolute atomic E-state index is 10.7. The lowest BCUT2D eigenvalue weighted by atomic mass is 10.3. The van der Waals surface area contributed by atoms with Crippen molar-refractivity contribution in [3.8, 4) is 0 Å². The monoisotopic (exact) mass is 226 g/mol. The molecule has 5 nitrogen and oxygen atoms in total. The van der Waals surface area contributed by atoms with Crippen LogP contribution >= 0.6 is 0 Å². The maximum Gasteiger partial charge on any atom is 0.293 e. The highest BCUT2D eigenvalue weighted by Gasteiger charge is 2.17. The van der Waals surface area contributed by atoms with Crippen molar-refractivity contribution in [2.45, 2.75) is 5.37 Å². The van der Waals surface area contributed by atoms with Gasteiger partial charge in [0.05, 0.1) is 5.69 Å². The predicted octanol–water partition coefficient (Wildman–Crippen LogP) is 2.17. The minimum atomic E-state index is -4.26. The Bertz CT molecular complexity index is 454. The van der Waals surface area contributed by atoms with Gasteiger partial charge in [-0.1, -0.05) is 24.8 Å². The summed E-state index contributed by atoms with van der Waals surface area (Å²) in [4.78, 5) is 0. The fraction of sp³-hybridized carbons (Fsp3) is 0.111. The molecule has 1 unspecified atom stereocenters. The van der Waals surface area contributed by atoms with Gasteiger partial charge in [-0.25, -0.2) is 0 Å². The fourth-order valence-electron chi connectivity index (χ4n) is 0.847. The minimum Gasteiger partial charge on any atom is -0.284 e. The smallest absolute Gasteiger partial charge is 0.284 e. The number of azo groups is 1. The Labute approximate surface area is 87.9 Å². The minimum absolute atomic E-state index is 0.507. The van der Waals surface area contributed by atoms with Gasteiger partial charge < -0.3 is 0 Å². The molecule has 1 rings (SSSR count). The number of rotatable bonds is 4. The van der Waals surface area contributed by atoms with Crippen LogP contribution < -0.4 is 0 Å². The summed E-state index contributed by atoms with van der Waals surface area (Å²) in [7, 11) is -4.26.